The van der Waals surface area contributed by atoms with E-state index in [0.717, 1.165) is 43.4 Å². The SMILES string of the molecule is CN=C(NCCOc1ccccc1C)NCC1(CCOC)CCCC1. The Labute approximate surface area is 152 Å². The van der Waals surface area contributed by atoms with Gasteiger partial charge in [0.25, 0.3) is 0 Å². The number of ether oxygens (including phenoxy) is 2. The van der Waals surface area contributed by atoms with Crippen LogP contribution in [0.2, 0.25) is 0 Å². The molecule has 0 saturated heterocycles. The van der Waals surface area contributed by atoms with E-state index in [9.17, 15) is 0 Å². The predicted molar refractivity (Wildman–Crippen MR) is 103 cm³/mol. The first-order valence-corrected chi connectivity index (χ1v) is 9.31. The van der Waals surface area contributed by atoms with E-state index in [1.807, 2.05) is 25.2 Å². The Balaban J connectivity index is 1.72. The van der Waals surface area contributed by atoms with Crippen molar-refractivity contribution in [1.82, 2.24) is 10.6 Å². The number of hydrogen-bond donors (Lipinski definition) is 2. The van der Waals surface area contributed by atoms with Gasteiger partial charge >= 0.3 is 0 Å². The second-order valence-electron chi connectivity index (χ2n) is 6.92. The lowest BCUT2D eigenvalue weighted by Crippen LogP contribution is -2.44. The minimum absolute atomic E-state index is 0.352. The van der Waals surface area contributed by atoms with Crippen LogP contribution in [-0.4, -0.2) is 46.4 Å². The monoisotopic (exact) mass is 347 g/mol. The third kappa shape index (κ3) is 6.24. The average Bonchev–Trinajstić information content (AvgIpc) is 3.10. The van der Waals surface area contributed by atoms with E-state index < -0.39 is 0 Å². The van der Waals surface area contributed by atoms with Gasteiger partial charge in [-0.2, -0.15) is 0 Å². The molecule has 0 bridgehead atoms. The van der Waals surface area contributed by atoms with Crippen LogP contribution in [0.25, 0.3) is 0 Å². The molecule has 1 aliphatic rings. The van der Waals surface area contributed by atoms with Crippen molar-refractivity contribution < 1.29 is 9.47 Å². The molecule has 0 aliphatic heterocycles. The van der Waals surface area contributed by atoms with Crippen molar-refractivity contribution in [1.29, 1.82) is 0 Å². The molecule has 5 nitrogen and oxygen atoms in total. The first-order chi connectivity index (χ1) is 12.2. The van der Waals surface area contributed by atoms with Crippen molar-refractivity contribution in [2.24, 2.45) is 10.4 Å². The lowest BCUT2D eigenvalue weighted by molar-refractivity contribution is 0.138. The molecule has 0 amide bonds. The number of aryl methyl sites for hydroxylation is 1. The highest BCUT2D eigenvalue weighted by Crippen LogP contribution is 2.40. The zero-order chi connectivity index (χ0) is 18.0. The summed E-state index contributed by atoms with van der Waals surface area (Å²) in [5.74, 6) is 1.79. The molecule has 2 N–H and O–H groups in total. The summed E-state index contributed by atoms with van der Waals surface area (Å²) in [6.07, 6.45) is 6.31. The number of methoxy groups -OCH3 is 1. The Kier molecular flexibility index (Phi) is 8.06. The topological polar surface area (TPSA) is 54.9 Å². The maximum atomic E-state index is 5.82. The van der Waals surface area contributed by atoms with E-state index in [2.05, 4.69) is 28.6 Å². The van der Waals surface area contributed by atoms with E-state index in [-0.39, 0.29) is 0 Å². The number of hydrogen-bond acceptors (Lipinski definition) is 3. The number of rotatable bonds is 9. The van der Waals surface area contributed by atoms with Gasteiger partial charge in [0, 0.05) is 27.3 Å². The maximum absolute atomic E-state index is 5.82. The molecule has 1 saturated carbocycles. The lowest BCUT2D eigenvalue weighted by atomic mass is 9.83. The number of benzene rings is 1. The Hall–Kier alpha value is -1.75. The summed E-state index contributed by atoms with van der Waals surface area (Å²) in [7, 11) is 3.60. The molecule has 25 heavy (non-hydrogen) atoms. The number of para-hydroxylation sites is 1. The molecular weight excluding hydrogens is 314 g/mol. The van der Waals surface area contributed by atoms with Gasteiger partial charge in [-0.25, -0.2) is 0 Å². The Morgan fingerprint density at radius 3 is 2.60 bits per heavy atom. The minimum atomic E-state index is 0.352. The molecule has 1 aromatic carbocycles. The van der Waals surface area contributed by atoms with Gasteiger partial charge in [0.05, 0.1) is 6.54 Å². The van der Waals surface area contributed by atoms with Crippen molar-refractivity contribution in [3.63, 3.8) is 0 Å². The van der Waals surface area contributed by atoms with Crippen LogP contribution in [0.5, 0.6) is 5.75 Å². The van der Waals surface area contributed by atoms with Crippen LogP contribution in [0.1, 0.15) is 37.7 Å². The van der Waals surface area contributed by atoms with Crippen molar-refractivity contribution in [3.8, 4) is 5.75 Å². The predicted octanol–water partition coefficient (Wildman–Crippen LogP) is 3.14. The fraction of sp³-hybridized carbons (Fsp3) is 0.650. The summed E-state index contributed by atoms with van der Waals surface area (Å²) >= 11 is 0. The van der Waals surface area contributed by atoms with Crippen LogP contribution in [0, 0.1) is 12.3 Å². The summed E-state index contributed by atoms with van der Waals surface area (Å²) in [5.41, 5.74) is 1.51. The molecule has 0 heterocycles. The van der Waals surface area contributed by atoms with Crippen molar-refractivity contribution in [2.75, 3.05) is 40.5 Å². The third-order valence-corrected chi connectivity index (χ3v) is 5.10. The Morgan fingerprint density at radius 1 is 1.16 bits per heavy atom. The zero-order valence-corrected chi connectivity index (χ0v) is 15.9. The van der Waals surface area contributed by atoms with Crippen LogP contribution in [0.4, 0.5) is 0 Å². The van der Waals surface area contributed by atoms with Gasteiger partial charge in [-0.05, 0) is 43.2 Å². The van der Waals surface area contributed by atoms with Gasteiger partial charge in [0.1, 0.15) is 12.4 Å². The van der Waals surface area contributed by atoms with E-state index in [1.54, 1.807) is 7.11 Å². The molecule has 0 atom stereocenters. The number of nitrogens with zero attached hydrogens (tertiary/aromatic N) is 1. The van der Waals surface area contributed by atoms with Crippen molar-refractivity contribution in [3.05, 3.63) is 29.8 Å². The highest BCUT2D eigenvalue weighted by Gasteiger charge is 2.33. The van der Waals surface area contributed by atoms with Crippen molar-refractivity contribution >= 4 is 5.96 Å². The quantitative estimate of drug-likeness (QED) is 0.409. The summed E-state index contributed by atoms with van der Waals surface area (Å²) < 4.78 is 11.1. The molecule has 2 rings (SSSR count). The second-order valence-corrected chi connectivity index (χ2v) is 6.92. The van der Waals surface area contributed by atoms with Crippen LogP contribution in [0.3, 0.4) is 0 Å². The lowest BCUT2D eigenvalue weighted by Gasteiger charge is -2.30. The molecule has 0 radical (unpaired) electrons. The molecule has 0 spiro atoms. The normalized spacial score (nSPS) is 16.7. The van der Waals surface area contributed by atoms with Gasteiger partial charge in [0.2, 0.25) is 0 Å². The van der Waals surface area contributed by atoms with E-state index in [0.29, 0.717) is 12.0 Å². The van der Waals surface area contributed by atoms with E-state index in [4.69, 9.17) is 9.47 Å². The summed E-state index contributed by atoms with van der Waals surface area (Å²) in [4.78, 5) is 4.33. The van der Waals surface area contributed by atoms with Gasteiger partial charge in [-0.1, -0.05) is 31.0 Å². The summed E-state index contributed by atoms with van der Waals surface area (Å²) in [6, 6.07) is 8.08. The van der Waals surface area contributed by atoms with Gasteiger partial charge in [-0.3, -0.25) is 4.99 Å². The molecular formula is C20H33N3O2. The molecule has 1 aromatic rings. The summed E-state index contributed by atoms with van der Waals surface area (Å²) in [6.45, 7) is 5.18. The first kappa shape index (κ1) is 19.6. The Morgan fingerprint density at radius 2 is 1.92 bits per heavy atom. The largest absolute Gasteiger partial charge is 0.491 e. The standard InChI is InChI=1S/C20H33N3O2/c1-17-8-4-5-9-18(17)25-15-13-22-19(21-2)23-16-20(12-14-24-3)10-6-7-11-20/h4-5,8-9H,6-7,10-16H2,1-3H3,(H2,21,22,23). The van der Waals surface area contributed by atoms with E-state index >= 15 is 0 Å². The van der Waals surface area contributed by atoms with Crippen LogP contribution < -0.4 is 15.4 Å². The van der Waals surface area contributed by atoms with Crippen molar-refractivity contribution in [2.45, 2.75) is 39.0 Å². The van der Waals surface area contributed by atoms with Crippen LogP contribution >= 0.6 is 0 Å². The van der Waals surface area contributed by atoms with Gasteiger partial charge < -0.3 is 20.1 Å². The smallest absolute Gasteiger partial charge is 0.191 e. The van der Waals surface area contributed by atoms with Gasteiger partial charge in [0.15, 0.2) is 5.96 Å². The number of nitrogens with one attached hydrogen (secondary N) is 2. The molecule has 0 unspecified atom stereocenters. The maximum Gasteiger partial charge on any atom is 0.191 e. The zero-order valence-electron chi connectivity index (χ0n) is 15.9. The highest BCUT2D eigenvalue weighted by molar-refractivity contribution is 5.79. The first-order valence-electron chi connectivity index (χ1n) is 9.31. The van der Waals surface area contributed by atoms with Gasteiger partial charge in [-0.15, -0.1) is 0 Å². The average molecular weight is 348 g/mol. The Bertz CT molecular complexity index is 539. The fourth-order valence-corrected chi connectivity index (χ4v) is 3.50. The van der Waals surface area contributed by atoms with E-state index in [1.165, 1.54) is 25.7 Å². The van der Waals surface area contributed by atoms with Crippen LogP contribution in [0.15, 0.2) is 29.3 Å². The molecule has 5 heteroatoms. The number of guanidine groups is 1. The molecule has 140 valence electrons. The minimum Gasteiger partial charge on any atom is -0.491 e. The van der Waals surface area contributed by atoms with Crippen LogP contribution in [-0.2, 0) is 4.74 Å². The molecule has 0 aromatic heterocycles. The number of aliphatic imine (C=N–C) groups is 1. The second kappa shape index (κ2) is 10.3. The molecule has 1 aliphatic carbocycles. The third-order valence-electron chi connectivity index (χ3n) is 5.10. The summed E-state index contributed by atoms with van der Waals surface area (Å²) in [5, 5.41) is 6.84. The molecule has 1 fully saturated rings. The fourth-order valence-electron chi connectivity index (χ4n) is 3.50. The highest BCUT2D eigenvalue weighted by atomic mass is 16.5.